The Hall–Kier alpha value is -2.56. The first-order valence-electron chi connectivity index (χ1n) is 8.45. The van der Waals surface area contributed by atoms with E-state index in [4.69, 9.17) is 4.42 Å². The third kappa shape index (κ3) is 2.70. The van der Waals surface area contributed by atoms with Crippen molar-refractivity contribution < 1.29 is 14.0 Å². The molecule has 1 aliphatic carbocycles. The Bertz CT molecular complexity index is 729. The van der Waals surface area contributed by atoms with Crippen molar-refractivity contribution in [1.82, 2.24) is 10.0 Å². The number of carbonyl (C=O) groups excluding carboxylic acids is 2. The molecule has 2 aliphatic rings. The Kier molecular flexibility index (Phi) is 3.84. The molecule has 0 saturated carbocycles. The summed E-state index contributed by atoms with van der Waals surface area (Å²) in [6, 6.07) is 11.7. The zero-order valence-electron chi connectivity index (χ0n) is 13.5. The van der Waals surface area contributed by atoms with Gasteiger partial charge in [-0.05, 0) is 48.4 Å². The van der Waals surface area contributed by atoms with Gasteiger partial charge < -0.3 is 4.42 Å². The molecular formula is C19H20N2O3. The van der Waals surface area contributed by atoms with Crippen molar-refractivity contribution in [2.75, 3.05) is 13.1 Å². The van der Waals surface area contributed by atoms with Crippen molar-refractivity contribution >= 4 is 11.8 Å². The fourth-order valence-electron chi connectivity index (χ4n) is 3.76. The van der Waals surface area contributed by atoms with Crippen LogP contribution >= 0.6 is 0 Å². The monoisotopic (exact) mass is 324 g/mol. The molecule has 0 unspecified atom stereocenters. The number of nitrogens with zero attached hydrogens (tertiary/aromatic N) is 2. The zero-order valence-corrected chi connectivity index (χ0v) is 13.5. The van der Waals surface area contributed by atoms with E-state index < -0.39 is 0 Å². The van der Waals surface area contributed by atoms with Crippen molar-refractivity contribution in [1.29, 1.82) is 0 Å². The van der Waals surface area contributed by atoms with Crippen LogP contribution in [0.4, 0.5) is 0 Å². The van der Waals surface area contributed by atoms with Gasteiger partial charge in [0.05, 0.1) is 6.26 Å². The molecule has 124 valence electrons. The lowest BCUT2D eigenvalue weighted by Crippen LogP contribution is -2.45. The topological polar surface area (TPSA) is 53.8 Å². The largest absolute Gasteiger partial charge is 0.459 e. The smallest absolute Gasteiger partial charge is 0.308 e. The molecule has 5 heteroatoms. The third-order valence-corrected chi connectivity index (χ3v) is 4.88. The number of hydrazine groups is 1. The van der Waals surface area contributed by atoms with E-state index in [-0.39, 0.29) is 17.6 Å². The number of furan rings is 1. The molecule has 2 heterocycles. The molecule has 2 aromatic rings. The molecule has 1 saturated heterocycles. The van der Waals surface area contributed by atoms with Gasteiger partial charge in [0, 0.05) is 19.5 Å². The summed E-state index contributed by atoms with van der Waals surface area (Å²) in [6.45, 7) is 1.17. The molecule has 0 radical (unpaired) electrons. The highest BCUT2D eigenvalue weighted by Gasteiger charge is 2.34. The Labute approximate surface area is 140 Å². The number of rotatable bonds is 3. The number of hydrogen-bond acceptors (Lipinski definition) is 3. The summed E-state index contributed by atoms with van der Waals surface area (Å²) in [5, 5.41) is 3.14. The Morgan fingerprint density at radius 1 is 1.00 bits per heavy atom. The highest BCUT2D eigenvalue weighted by Crippen LogP contribution is 2.29. The zero-order chi connectivity index (χ0) is 16.5. The maximum absolute atomic E-state index is 12.7. The fraction of sp³-hybridized carbons (Fsp3) is 0.368. The predicted octanol–water partition coefficient (Wildman–Crippen LogP) is 2.67. The van der Waals surface area contributed by atoms with Gasteiger partial charge in [0.2, 0.25) is 5.91 Å². The highest BCUT2D eigenvalue weighted by atomic mass is 16.3. The van der Waals surface area contributed by atoms with Gasteiger partial charge in [0.1, 0.15) is 0 Å². The van der Waals surface area contributed by atoms with Crippen molar-refractivity contribution in [2.45, 2.75) is 25.7 Å². The van der Waals surface area contributed by atoms with Gasteiger partial charge >= 0.3 is 5.91 Å². The number of fused-ring (bicyclic) bond motifs is 1. The van der Waals surface area contributed by atoms with Crippen LogP contribution in [-0.2, 0) is 17.6 Å². The van der Waals surface area contributed by atoms with Crippen molar-refractivity contribution in [3.63, 3.8) is 0 Å². The summed E-state index contributed by atoms with van der Waals surface area (Å²) < 4.78 is 5.18. The number of amides is 2. The quantitative estimate of drug-likeness (QED) is 0.872. The summed E-state index contributed by atoms with van der Waals surface area (Å²) >= 11 is 0. The van der Waals surface area contributed by atoms with Gasteiger partial charge in [0.25, 0.3) is 0 Å². The average Bonchev–Trinajstić information content (AvgIpc) is 3.32. The molecular weight excluding hydrogens is 304 g/mol. The standard InChI is InChI=1S/C19H20N2O3/c22-18(13-14-11-15-5-1-2-6-16(15)12-14)20-8-4-9-21(20)19(23)17-7-3-10-24-17/h1-3,5-7,10,14H,4,8-9,11-13H2. The molecule has 1 fully saturated rings. The van der Waals surface area contributed by atoms with Crippen LogP contribution in [0.25, 0.3) is 0 Å². The lowest BCUT2D eigenvalue weighted by molar-refractivity contribution is -0.141. The van der Waals surface area contributed by atoms with Crippen LogP contribution in [0.3, 0.4) is 0 Å². The molecule has 1 aliphatic heterocycles. The first-order valence-corrected chi connectivity index (χ1v) is 8.45. The van der Waals surface area contributed by atoms with Gasteiger partial charge in [-0.25, -0.2) is 5.01 Å². The molecule has 24 heavy (non-hydrogen) atoms. The van der Waals surface area contributed by atoms with Crippen molar-refractivity contribution in [2.24, 2.45) is 5.92 Å². The van der Waals surface area contributed by atoms with Gasteiger partial charge in [0.15, 0.2) is 5.76 Å². The first-order chi connectivity index (χ1) is 11.7. The minimum Gasteiger partial charge on any atom is -0.459 e. The van der Waals surface area contributed by atoms with Crippen LogP contribution in [-0.4, -0.2) is 34.9 Å². The lowest BCUT2D eigenvalue weighted by atomic mass is 10.0. The van der Waals surface area contributed by atoms with Crippen LogP contribution in [0.5, 0.6) is 0 Å². The predicted molar refractivity (Wildman–Crippen MR) is 88.0 cm³/mol. The van der Waals surface area contributed by atoms with Crippen molar-refractivity contribution in [3.8, 4) is 0 Å². The lowest BCUT2D eigenvalue weighted by Gasteiger charge is -2.28. The number of carbonyl (C=O) groups is 2. The molecule has 0 N–H and O–H groups in total. The van der Waals surface area contributed by atoms with E-state index in [1.807, 2.05) is 12.1 Å². The number of benzene rings is 1. The summed E-state index contributed by atoms with van der Waals surface area (Å²) in [4.78, 5) is 25.2. The van der Waals surface area contributed by atoms with E-state index in [1.165, 1.54) is 22.4 Å². The van der Waals surface area contributed by atoms with E-state index in [0.717, 1.165) is 19.3 Å². The molecule has 1 aromatic carbocycles. The number of hydrogen-bond donors (Lipinski definition) is 0. The first kappa shape index (κ1) is 15.0. The average molecular weight is 324 g/mol. The molecule has 1 aromatic heterocycles. The summed E-state index contributed by atoms with van der Waals surface area (Å²) in [7, 11) is 0. The molecule has 0 spiro atoms. The third-order valence-electron chi connectivity index (χ3n) is 4.88. The SMILES string of the molecule is O=C(CC1Cc2ccccc2C1)N1CCCN1C(=O)c1ccco1. The minimum atomic E-state index is -0.236. The molecule has 5 nitrogen and oxygen atoms in total. The van der Waals surface area contributed by atoms with Crippen molar-refractivity contribution in [3.05, 3.63) is 59.5 Å². The molecule has 2 amide bonds. The minimum absolute atomic E-state index is 0.0326. The second-order valence-electron chi connectivity index (χ2n) is 6.52. The summed E-state index contributed by atoms with van der Waals surface area (Å²) in [5.41, 5.74) is 2.69. The van der Waals surface area contributed by atoms with E-state index in [0.29, 0.717) is 25.4 Å². The van der Waals surface area contributed by atoms with Crippen LogP contribution in [0.2, 0.25) is 0 Å². The highest BCUT2D eigenvalue weighted by molar-refractivity contribution is 5.93. The molecule has 0 bridgehead atoms. The Morgan fingerprint density at radius 3 is 2.38 bits per heavy atom. The summed E-state index contributed by atoms with van der Waals surface area (Å²) in [6.07, 6.45) is 4.66. The van der Waals surface area contributed by atoms with Crippen LogP contribution in [0, 0.1) is 5.92 Å². The Balaban J connectivity index is 1.42. The fourth-order valence-corrected chi connectivity index (χ4v) is 3.76. The van der Waals surface area contributed by atoms with Gasteiger partial charge in [-0.15, -0.1) is 0 Å². The van der Waals surface area contributed by atoms with E-state index in [9.17, 15) is 9.59 Å². The maximum atomic E-state index is 12.7. The Morgan fingerprint density at radius 2 is 1.71 bits per heavy atom. The molecule has 4 rings (SSSR count). The molecule has 0 atom stereocenters. The van der Waals surface area contributed by atoms with Gasteiger partial charge in [-0.2, -0.15) is 0 Å². The van der Waals surface area contributed by atoms with Crippen LogP contribution in [0.1, 0.15) is 34.5 Å². The van der Waals surface area contributed by atoms with E-state index in [1.54, 1.807) is 17.1 Å². The van der Waals surface area contributed by atoms with E-state index >= 15 is 0 Å². The van der Waals surface area contributed by atoms with Gasteiger partial charge in [-0.1, -0.05) is 24.3 Å². The normalized spacial score (nSPS) is 17.3. The second kappa shape index (κ2) is 6.15. The second-order valence-corrected chi connectivity index (χ2v) is 6.52. The van der Waals surface area contributed by atoms with Crippen LogP contribution < -0.4 is 0 Å². The van der Waals surface area contributed by atoms with E-state index in [2.05, 4.69) is 12.1 Å². The summed E-state index contributed by atoms with van der Waals surface area (Å²) in [5.74, 6) is 0.407. The maximum Gasteiger partial charge on any atom is 0.308 e. The van der Waals surface area contributed by atoms with Gasteiger partial charge in [-0.3, -0.25) is 14.6 Å². The van der Waals surface area contributed by atoms with Crippen LogP contribution in [0.15, 0.2) is 47.1 Å².